The van der Waals surface area contributed by atoms with Crippen LogP contribution in [0.1, 0.15) is 24.6 Å². The standard InChI is InChI=1S/C21H24N4O2S/c1-26-15-9-10-18(19(12-15)27-2)24-21(28)25-11-5-6-14(13-25)20-22-16-7-3-4-8-17(16)23-20/h3-4,7-10,12,14H,5-6,11,13H2,1-2H3,(H,22,23)(H,24,28)/t14-/m0/s1. The Morgan fingerprint density at radius 2 is 2.07 bits per heavy atom. The molecule has 1 aliphatic heterocycles. The molecule has 0 aliphatic carbocycles. The number of hydrogen-bond acceptors (Lipinski definition) is 4. The Morgan fingerprint density at radius 3 is 2.86 bits per heavy atom. The van der Waals surface area contributed by atoms with Crippen LogP contribution in [-0.4, -0.2) is 47.3 Å². The highest BCUT2D eigenvalue weighted by Gasteiger charge is 2.25. The van der Waals surface area contributed by atoms with Crippen molar-refractivity contribution < 1.29 is 9.47 Å². The molecule has 0 bridgehead atoms. The van der Waals surface area contributed by atoms with E-state index in [1.165, 1.54) is 0 Å². The van der Waals surface area contributed by atoms with E-state index in [1.54, 1.807) is 14.2 Å². The third kappa shape index (κ3) is 3.75. The first-order chi connectivity index (χ1) is 13.7. The summed E-state index contributed by atoms with van der Waals surface area (Å²) in [5, 5.41) is 4.03. The van der Waals surface area contributed by atoms with Crippen LogP contribution in [0.4, 0.5) is 5.69 Å². The van der Waals surface area contributed by atoms with E-state index in [9.17, 15) is 0 Å². The monoisotopic (exact) mass is 396 g/mol. The highest BCUT2D eigenvalue weighted by molar-refractivity contribution is 7.80. The lowest BCUT2D eigenvalue weighted by Crippen LogP contribution is -2.41. The maximum Gasteiger partial charge on any atom is 0.173 e. The van der Waals surface area contributed by atoms with Crippen molar-refractivity contribution in [3.05, 3.63) is 48.3 Å². The molecule has 0 radical (unpaired) electrons. The van der Waals surface area contributed by atoms with Crippen LogP contribution in [0.5, 0.6) is 11.5 Å². The summed E-state index contributed by atoms with van der Waals surface area (Å²) in [5.74, 6) is 2.82. The summed E-state index contributed by atoms with van der Waals surface area (Å²) in [6.45, 7) is 1.77. The second kappa shape index (κ2) is 8.06. The van der Waals surface area contributed by atoms with E-state index in [-0.39, 0.29) is 0 Å². The Labute approximate surface area is 169 Å². The van der Waals surface area contributed by atoms with Crippen molar-refractivity contribution in [1.82, 2.24) is 14.9 Å². The lowest BCUT2D eigenvalue weighted by atomic mass is 9.98. The average molecular weight is 397 g/mol. The van der Waals surface area contributed by atoms with Gasteiger partial charge < -0.3 is 24.7 Å². The molecule has 1 atom stereocenters. The van der Waals surface area contributed by atoms with Gasteiger partial charge in [0.15, 0.2) is 5.11 Å². The fourth-order valence-electron chi connectivity index (χ4n) is 3.65. The quantitative estimate of drug-likeness (QED) is 0.646. The number of fused-ring (bicyclic) bond motifs is 1. The fraction of sp³-hybridized carbons (Fsp3) is 0.333. The predicted molar refractivity (Wildman–Crippen MR) is 115 cm³/mol. The van der Waals surface area contributed by atoms with Gasteiger partial charge in [0.25, 0.3) is 0 Å². The first-order valence-electron chi connectivity index (χ1n) is 9.40. The number of aromatic amines is 1. The number of nitrogens with one attached hydrogen (secondary N) is 2. The summed E-state index contributed by atoms with van der Waals surface area (Å²) >= 11 is 5.69. The van der Waals surface area contributed by atoms with Gasteiger partial charge in [-0.05, 0) is 49.3 Å². The number of ether oxygens (including phenoxy) is 2. The van der Waals surface area contributed by atoms with Crippen molar-refractivity contribution in [3.8, 4) is 11.5 Å². The van der Waals surface area contributed by atoms with Gasteiger partial charge in [-0.25, -0.2) is 4.98 Å². The Balaban J connectivity index is 1.47. The summed E-state index contributed by atoms with van der Waals surface area (Å²) < 4.78 is 10.7. The molecule has 4 rings (SSSR count). The smallest absolute Gasteiger partial charge is 0.173 e. The molecular weight excluding hydrogens is 372 g/mol. The Hall–Kier alpha value is -2.80. The second-order valence-electron chi connectivity index (χ2n) is 6.92. The van der Waals surface area contributed by atoms with Gasteiger partial charge in [0.05, 0.1) is 30.9 Å². The number of benzene rings is 2. The van der Waals surface area contributed by atoms with E-state index in [0.29, 0.717) is 16.8 Å². The number of likely N-dealkylation sites (tertiary alicyclic amines) is 1. The van der Waals surface area contributed by atoms with Crippen LogP contribution < -0.4 is 14.8 Å². The maximum absolute atomic E-state index is 5.69. The topological polar surface area (TPSA) is 62.4 Å². The van der Waals surface area contributed by atoms with Gasteiger partial charge in [-0.15, -0.1) is 0 Å². The van der Waals surface area contributed by atoms with Crippen molar-refractivity contribution in [2.24, 2.45) is 0 Å². The zero-order chi connectivity index (χ0) is 19.5. The van der Waals surface area contributed by atoms with Crippen LogP contribution in [0, 0.1) is 0 Å². The van der Waals surface area contributed by atoms with Crippen molar-refractivity contribution in [2.75, 3.05) is 32.6 Å². The first kappa shape index (κ1) is 18.6. The molecule has 2 heterocycles. The third-order valence-corrected chi connectivity index (χ3v) is 5.51. The summed E-state index contributed by atoms with van der Waals surface area (Å²) in [6, 6.07) is 13.8. The predicted octanol–water partition coefficient (Wildman–Crippen LogP) is 4.16. The van der Waals surface area contributed by atoms with Crippen molar-refractivity contribution in [1.29, 1.82) is 0 Å². The molecule has 146 valence electrons. The van der Waals surface area contributed by atoms with Crippen molar-refractivity contribution in [2.45, 2.75) is 18.8 Å². The number of rotatable bonds is 4. The molecule has 2 aromatic carbocycles. The number of nitrogens with zero attached hydrogens (tertiary/aromatic N) is 2. The van der Waals surface area contributed by atoms with Crippen LogP contribution in [0.25, 0.3) is 11.0 Å². The molecule has 1 aliphatic rings. The summed E-state index contributed by atoms with van der Waals surface area (Å²) in [7, 11) is 3.28. The Bertz CT molecular complexity index is 954. The van der Waals surface area contributed by atoms with Gasteiger partial charge >= 0.3 is 0 Å². The SMILES string of the molecule is COc1ccc(NC(=S)N2CCC[C@H](c3nc4ccccc4[nH]3)C2)c(OC)c1. The van der Waals surface area contributed by atoms with Crippen LogP contribution in [0.3, 0.4) is 0 Å². The number of anilines is 1. The van der Waals surface area contributed by atoms with Crippen molar-refractivity contribution >= 4 is 34.1 Å². The lowest BCUT2D eigenvalue weighted by Gasteiger charge is -2.34. The van der Waals surface area contributed by atoms with E-state index in [1.807, 2.05) is 36.4 Å². The Morgan fingerprint density at radius 1 is 1.21 bits per heavy atom. The number of imidazole rings is 1. The van der Waals surface area contributed by atoms with Gasteiger partial charge in [-0.2, -0.15) is 0 Å². The number of piperidine rings is 1. The largest absolute Gasteiger partial charge is 0.497 e. The van der Waals surface area contributed by atoms with E-state index in [4.69, 9.17) is 26.7 Å². The number of H-pyrrole nitrogens is 1. The second-order valence-corrected chi connectivity index (χ2v) is 7.31. The highest BCUT2D eigenvalue weighted by atomic mass is 32.1. The number of aromatic nitrogens is 2. The fourth-order valence-corrected chi connectivity index (χ4v) is 3.92. The molecule has 2 N–H and O–H groups in total. The number of para-hydroxylation sites is 2. The van der Waals surface area contributed by atoms with E-state index < -0.39 is 0 Å². The zero-order valence-electron chi connectivity index (χ0n) is 16.1. The van der Waals surface area contributed by atoms with Gasteiger partial charge in [0.1, 0.15) is 17.3 Å². The minimum atomic E-state index is 0.332. The minimum Gasteiger partial charge on any atom is -0.497 e. The molecule has 1 saturated heterocycles. The molecule has 28 heavy (non-hydrogen) atoms. The molecule has 0 unspecified atom stereocenters. The summed E-state index contributed by atoms with van der Waals surface area (Å²) in [5.41, 5.74) is 2.93. The lowest BCUT2D eigenvalue weighted by molar-refractivity contribution is 0.306. The summed E-state index contributed by atoms with van der Waals surface area (Å²) in [4.78, 5) is 10.5. The van der Waals surface area contributed by atoms with Crippen LogP contribution >= 0.6 is 12.2 Å². The molecule has 6 nitrogen and oxygen atoms in total. The third-order valence-electron chi connectivity index (χ3n) is 5.15. The first-order valence-corrected chi connectivity index (χ1v) is 9.81. The molecule has 0 amide bonds. The molecule has 0 saturated carbocycles. The van der Waals surface area contributed by atoms with E-state index >= 15 is 0 Å². The molecule has 1 aromatic heterocycles. The molecule has 0 spiro atoms. The molecule has 3 aromatic rings. The van der Waals surface area contributed by atoms with Gasteiger partial charge in [0, 0.05) is 25.1 Å². The normalized spacial score (nSPS) is 16.8. The average Bonchev–Trinajstić information content (AvgIpc) is 3.18. The van der Waals surface area contributed by atoms with Crippen LogP contribution in [-0.2, 0) is 0 Å². The maximum atomic E-state index is 5.69. The van der Waals surface area contributed by atoms with Gasteiger partial charge in [-0.1, -0.05) is 12.1 Å². The number of methoxy groups -OCH3 is 2. The van der Waals surface area contributed by atoms with E-state index in [0.717, 1.165) is 54.2 Å². The number of thiocarbonyl (C=S) groups is 1. The van der Waals surface area contributed by atoms with Crippen LogP contribution in [0.2, 0.25) is 0 Å². The van der Waals surface area contributed by atoms with Crippen molar-refractivity contribution in [3.63, 3.8) is 0 Å². The molecule has 1 fully saturated rings. The van der Waals surface area contributed by atoms with E-state index in [2.05, 4.69) is 21.3 Å². The number of hydrogen-bond donors (Lipinski definition) is 2. The zero-order valence-corrected chi connectivity index (χ0v) is 16.9. The van der Waals surface area contributed by atoms with Gasteiger partial charge in [-0.3, -0.25) is 0 Å². The minimum absolute atomic E-state index is 0.332. The highest BCUT2D eigenvalue weighted by Crippen LogP contribution is 2.31. The Kier molecular flexibility index (Phi) is 5.34. The van der Waals surface area contributed by atoms with Gasteiger partial charge in [0.2, 0.25) is 0 Å². The molecule has 7 heteroatoms. The molecular formula is C21H24N4O2S. The van der Waals surface area contributed by atoms with Crippen LogP contribution in [0.15, 0.2) is 42.5 Å². The summed E-state index contributed by atoms with van der Waals surface area (Å²) in [6.07, 6.45) is 2.17.